The third-order valence-electron chi connectivity index (χ3n) is 6.89. The molecule has 5 nitrogen and oxygen atoms in total. The molecule has 1 amide bonds. The van der Waals surface area contributed by atoms with E-state index in [2.05, 4.69) is 19.1 Å². The lowest BCUT2D eigenvalue weighted by Crippen LogP contribution is -2.43. The number of aliphatic hydroxyl groups excluding tert-OH is 2. The summed E-state index contributed by atoms with van der Waals surface area (Å²) < 4.78 is 5.67. The molecule has 2 N–H and O–H groups in total. The predicted octanol–water partition coefficient (Wildman–Crippen LogP) is 4.48. The van der Waals surface area contributed by atoms with Crippen molar-refractivity contribution < 1.29 is 19.7 Å². The minimum Gasteiger partial charge on any atom is -0.392 e. The summed E-state index contributed by atoms with van der Waals surface area (Å²) in [7, 11) is 0. The van der Waals surface area contributed by atoms with Gasteiger partial charge in [-0.2, -0.15) is 0 Å². The molecule has 0 heterocycles. The van der Waals surface area contributed by atoms with Crippen LogP contribution >= 0.6 is 0 Å². The van der Waals surface area contributed by atoms with Crippen LogP contribution in [0.3, 0.4) is 0 Å². The monoisotopic (exact) mass is 435 g/mol. The number of ether oxygens (including phenoxy) is 1. The van der Waals surface area contributed by atoms with Crippen molar-refractivity contribution in [2.75, 3.05) is 13.2 Å². The molecule has 0 aromatic rings. The van der Waals surface area contributed by atoms with E-state index in [9.17, 15) is 15.0 Å². The number of nitrogens with zero attached hydrogens (tertiary/aromatic N) is 1. The summed E-state index contributed by atoms with van der Waals surface area (Å²) in [6, 6.07) is 0.343. The van der Waals surface area contributed by atoms with Crippen LogP contribution in [0.5, 0.6) is 0 Å². The van der Waals surface area contributed by atoms with Crippen molar-refractivity contribution in [2.24, 2.45) is 17.8 Å². The van der Waals surface area contributed by atoms with Crippen LogP contribution in [0.4, 0.5) is 0 Å². The number of amides is 1. The number of allylic oxidation sites excluding steroid dienone is 1. The van der Waals surface area contributed by atoms with Gasteiger partial charge in [0, 0.05) is 18.0 Å². The standard InChI is InChI=1S/C26H45NO4/c1-6-7-8-9-22(28)10-11-23-24-15-20(14-21(24)16-25(23)29)12-13-31-17-26(30)27(18(2)3)19(4)5/h10-12,18-19,21-25,28-29H,6-9,13-17H2,1-5H3/b11-10+,20-12?/t21-,22-,23+,24-,25+/m0/s1. The number of hydrogen-bond donors (Lipinski definition) is 2. The Balaban J connectivity index is 1.80. The van der Waals surface area contributed by atoms with Crippen molar-refractivity contribution in [3.63, 3.8) is 0 Å². The van der Waals surface area contributed by atoms with E-state index in [1.165, 1.54) is 5.57 Å². The van der Waals surface area contributed by atoms with Crippen LogP contribution in [0.25, 0.3) is 0 Å². The summed E-state index contributed by atoms with van der Waals surface area (Å²) in [5, 5.41) is 20.7. The molecule has 2 rings (SSSR count). The summed E-state index contributed by atoms with van der Waals surface area (Å²) in [4.78, 5) is 14.3. The van der Waals surface area contributed by atoms with Crippen LogP contribution in [0.15, 0.2) is 23.8 Å². The zero-order valence-electron chi connectivity index (χ0n) is 20.3. The summed E-state index contributed by atoms with van der Waals surface area (Å²) in [5.74, 6) is 1.12. The third kappa shape index (κ3) is 7.73. The van der Waals surface area contributed by atoms with E-state index in [-0.39, 0.29) is 36.6 Å². The first-order chi connectivity index (χ1) is 14.7. The van der Waals surface area contributed by atoms with Crippen molar-refractivity contribution in [2.45, 2.75) is 104 Å². The van der Waals surface area contributed by atoms with E-state index in [4.69, 9.17) is 4.74 Å². The van der Waals surface area contributed by atoms with Gasteiger partial charge >= 0.3 is 0 Å². The lowest BCUT2D eigenvalue weighted by atomic mass is 9.90. The molecule has 0 bridgehead atoms. The maximum Gasteiger partial charge on any atom is 0.249 e. The Morgan fingerprint density at radius 2 is 1.90 bits per heavy atom. The molecule has 0 saturated heterocycles. The molecule has 2 saturated carbocycles. The molecular formula is C26H45NO4. The smallest absolute Gasteiger partial charge is 0.249 e. The highest BCUT2D eigenvalue weighted by molar-refractivity contribution is 5.78. The number of aliphatic hydroxyl groups is 2. The van der Waals surface area contributed by atoms with Crippen LogP contribution in [0, 0.1) is 17.8 Å². The van der Waals surface area contributed by atoms with Crippen LogP contribution in [0.1, 0.15) is 79.6 Å². The SMILES string of the molecule is CCCCC[C@H](O)/C=C/[C@@H]1[C@H]2CC(=CCOCC(=O)N(C(C)C)C(C)C)C[C@H]2C[C@H]1O. The first kappa shape index (κ1) is 26.1. The summed E-state index contributed by atoms with van der Waals surface area (Å²) in [6.07, 6.45) is 12.4. The van der Waals surface area contributed by atoms with Gasteiger partial charge in [0.25, 0.3) is 0 Å². The molecule has 0 radical (unpaired) electrons. The maximum atomic E-state index is 12.4. The second-order valence-electron chi connectivity index (χ2n) is 10.0. The minimum atomic E-state index is -0.406. The fourth-order valence-corrected chi connectivity index (χ4v) is 5.47. The summed E-state index contributed by atoms with van der Waals surface area (Å²) in [5.41, 5.74) is 1.38. The molecule has 0 aromatic heterocycles. The number of carbonyl (C=O) groups is 1. The number of rotatable bonds is 12. The Kier molecular flexibility index (Phi) is 10.7. The second-order valence-corrected chi connectivity index (χ2v) is 10.0. The van der Waals surface area contributed by atoms with Gasteiger partial charge in [-0.25, -0.2) is 0 Å². The summed E-state index contributed by atoms with van der Waals surface area (Å²) in [6.45, 7) is 10.9. The predicted molar refractivity (Wildman–Crippen MR) is 126 cm³/mol. The van der Waals surface area contributed by atoms with E-state index in [1.807, 2.05) is 38.7 Å². The van der Waals surface area contributed by atoms with E-state index >= 15 is 0 Å². The first-order valence-corrected chi connectivity index (χ1v) is 12.4. The molecule has 0 aromatic carbocycles. The molecule has 31 heavy (non-hydrogen) atoms. The number of fused-ring (bicyclic) bond motifs is 1. The van der Waals surface area contributed by atoms with Gasteiger partial charge in [0.1, 0.15) is 6.61 Å². The fourth-order valence-electron chi connectivity index (χ4n) is 5.47. The van der Waals surface area contributed by atoms with Gasteiger partial charge in [-0.15, -0.1) is 0 Å². The fraction of sp³-hybridized carbons (Fsp3) is 0.808. The van der Waals surface area contributed by atoms with Gasteiger partial charge in [-0.3, -0.25) is 4.79 Å². The lowest BCUT2D eigenvalue weighted by Gasteiger charge is -2.30. The van der Waals surface area contributed by atoms with Crippen LogP contribution in [-0.4, -0.2) is 58.5 Å². The Labute approximate surface area is 189 Å². The Morgan fingerprint density at radius 1 is 1.19 bits per heavy atom. The van der Waals surface area contributed by atoms with E-state index < -0.39 is 6.10 Å². The number of unbranched alkanes of at least 4 members (excludes halogenated alkanes) is 2. The van der Waals surface area contributed by atoms with Gasteiger partial charge in [0.2, 0.25) is 5.91 Å². The van der Waals surface area contributed by atoms with E-state index in [1.54, 1.807) is 0 Å². The maximum absolute atomic E-state index is 12.4. The number of carbonyl (C=O) groups excluding carboxylic acids is 1. The highest BCUT2D eigenvalue weighted by atomic mass is 16.5. The zero-order chi connectivity index (χ0) is 23.0. The highest BCUT2D eigenvalue weighted by Crippen LogP contribution is 2.50. The van der Waals surface area contributed by atoms with Gasteiger partial charge in [0.05, 0.1) is 18.8 Å². The van der Waals surface area contributed by atoms with E-state index in [0.29, 0.717) is 18.4 Å². The average Bonchev–Trinajstić information content (AvgIpc) is 3.19. The van der Waals surface area contributed by atoms with Crippen LogP contribution in [-0.2, 0) is 9.53 Å². The molecule has 5 atom stereocenters. The molecule has 2 aliphatic rings. The van der Waals surface area contributed by atoms with Crippen LogP contribution < -0.4 is 0 Å². The molecule has 5 heteroatoms. The molecule has 0 spiro atoms. The molecule has 178 valence electrons. The second kappa shape index (κ2) is 12.8. The molecule has 2 aliphatic carbocycles. The van der Waals surface area contributed by atoms with Crippen LogP contribution in [0.2, 0.25) is 0 Å². The highest BCUT2D eigenvalue weighted by Gasteiger charge is 2.44. The van der Waals surface area contributed by atoms with Crippen molar-refractivity contribution >= 4 is 5.91 Å². The number of hydrogen-bond acceptors (Lipinski definition) is 4. The normalized spacial score (nSPS) is 28.2. The molecule has 0 aliphatic heterocycles. The first-order valence-electron chi connectivity index (χ1n) is 12.4. The zero-order valence-corrected chi connectivity index (χ0v) is 20.3. The van der Waals surface area contributed by atoms with Gasteiger partial charge in [-0.1, -0.05) is 50.0 Å². The third-order valence-corrected chi connectivity index (χ3v) is 6.89. The topological polar surface area (TPSA) is 70.0 Å². The molecule has 2 fully saturated rings. The van der Waals surface area contributed by atoms with E-state index in [0.717, 1.165) is 44.9 Å². The largest absolute Gasteiger partial charge is 0.392 e. The van der Waals surface area contributed by atoms with Gasteiger partial charge in [-0.05, 0) is 65.2 Å². The Bertz CT molecular complexity index is 605. The van der Waals surface area contributed by atoms with Gasteiger partial charge in [0.15, 0.2) is 0 Å². The van der Waals surface area contributed by atoms with Crippen molar-refractivity contribution in [1.29, 1.82) is 0 Å². The van der Waals surface area contributed by atoms with Gasteiger partial charge < -0.3 is 19.8 Å². The quantitative estimate of drug-likeness (QED) is 0.350. The lowest BCUT2D eigenvalue weighted by molar-refractivity contribution is -0.139. The van der Waals surface area contributed by atoms with Crippen molar-refractivity contribution in [3.8, 4) is 0 Å². The Hall–Kier alpha value is -1.17. The van der Waals surface area contributed by atoms with Crippen molar-refractivity contribution in [1.82, 2.24) is 4.90 Å². The molecule has 0 unspecified atom stereocenters. The molecular weight excluding hydrogens is 390 g/mol. The summed E-state index contributed by atoms with van der Waals surface area (Å²) >= 11 is 0. The minimum absolute atomic E-state index is 0.0394. The van der Waals surface area contributed by atoms with Crippen molar-refractivity contribution in [3.05, 3.63) is 23.8 Å². The Morgan fingerprint density at radius 3 is 2.55 bits per heavy atom. The average molecular weight is 436 g/mol.